The zero-order chi connectivity index (χ0) is 16.2. The van der Waals surface area contributed by atoms with E-state index in [1.165, 1.54) is 5.56 Å². The molecule has 0 bridgehead atoms. The van der Waals surface area contributed by atoms with Gasteiger partial charge in [0.1, 0.15) is 0 Å². The van der Waals surface area contributed by atoms with Crippen LogP contribution in [0.25, 0.3) is 0 Å². The van der Waals surface area contributed by atoms with Gasteiger partial charge in [0.15, 0.2) is 0 Å². The van der Waals surface area contributed by atoms with E-state index < -0.39 is 10.0 Å². The van der Waals surface area contributed by atoms with E-state index >= 15 is 0 Å². The Morgan fingerprint density at radius 1 is 1.09 bits per heavy atom. The van der Waals surface area contributed by atoms with E-state index in [1.54, 1.807) is 0 Å². The molecule has 0 aliphatic rings. The van der Waals surface area contributed by atoms with Crippen molar-refractivity contribution >= 4 is 26.0 Å². The summed E-state index contributed by atoms with van der Waals surface area (Å²) in [5, 5.41) is 0. The second-order valence-electron chi connectivity index (χ2n) is 5.32. The van der Waals surface area contributed by atoms with Crippen molar-refractivity contribution in [2.24, 2.45) is 0 Å². The van der Waals surface area contributed by atoms with Crippen LogP contribution in [0.2, 0.25) is 0 Å². The predicted molar refractivity (Wildman–Crippen MR) is 94.1 cm³/mol. The van der Waals surface area contributed by atoms with Gasteiger partial charge in [-0.3, -0.25) is 0 Å². The maximum atomic E-state index is 12.3. The molecule has 118 valence electrons. The van der Waals surface area contributed by atoms with Crippen LogP contribution in [0.3, 0.4) is 0 Å². The van der Waals surface area contributed by atoms with Gasteiger partial charge in [-0.1, -0.05) is 59.3 Å². The molecule has 5 heteroatoms. The molecule has 0 heterocycles. The average molecular weight is 382 g/mol. The van der Waals surface area contributed by atoms with Crippen LogP contribution in [0, 0.1) is 0 Å². The van der Waals surface area contributed by atoms with Crippen LogP contribution >= 0.6 is 15.9 Å². The molecular weight excluding hydrogens is 362 g/mol. The molecule has 0 aliphatic carbocycles. The van der Waals surface area contributed by atoms with Crippen molar-refractivity contribution in [2.45, 2.75) is 32.1 Å². The van der Waals surface area contributed by atoms with Gasteiger partial charge in [0.25, 0.3) is 0 Å². The minimum absolute atomic E-state index is 0.0240. The Bertz CT molecular complexity index is 727. The number of halogens is 1. The third-order valence-corrected chi connectivity index (χ3v) is 5.41. The van der Waals surface area contributed by atoms with Gasteiger partial charge >= 0.3 is 0 Å². The topological polar surface area (TPSA) is 46.2 Å². The van der Waals surface area contributed by atoms with E-state index in [-0.39, 0.29) is 11.8 Å². The number of hydrogen-bond acceptors (Lipinski definition) is 2. The first-order chi connectivity index (χ1) is 10.4. The monoisotopic (exact) mass is 381 g/mol. The molecule has 2 aromatic rings. The van der Waals surface area contributed by atoms with Gasteiger partial charge in [0, 0.05) is 10.5 Å². The SMILES string of the molecule is CCc1ccc([C@@H](C)NS(=O)(=O)Cc2cccc(Br)c2)cc1. The Labute approximate surface area is 140 Å². The number of benzene rings is 2. The third kappa shape index (κ3) is 4.93. The standard InChI is InChI=1S/C17H20BrNO2S/c1-3-14-7-9-16(10-8-14)13(2)19-22(20,21)12-15-5-4-6-17(18)11-15/h4-11,13,19H,3,12H2,1-2H3/t13-/m1/s1. The summed E-state index contributed by atoms with van der Waals surface area (Å²) in [6.07, 6.45) is 0.975. The zero-order valence-electron chi connectivity index (χ0n) is 12.7. The number of hydrogen-bond donors (Lipinski definition) is 1. The lowest BCUT2D eigenvalue weighted by Crippen LogP contribution is -2.28. The number of rotatable bonds is 6. The van der Waals surface area contributed by atoms with E-state index in [2.05, 4.69) is 27.6 Å². The molecule has 2 rings (SSSR count). The van der Waals surface area contributed by atoms with Gasteiger partial charge in [-0.2, -0.15) is 0 Å². The van der Waals surface area contributed by atoms with Crippen LogP contribution in [-0.4, -0.2) is 8.42 Å². The largest absolute Gasteiger partial charge is 0.216 e. The maximum Gasteiger partial charge on any atom is 0.216 e. The van der Waals surface area contributed by atoms with E-state index in [4.69, 9.17) is 0 Å². The first kappa shape index (κ1) is 17.2. The van der Waals surface area contributed by atoms with Crippen molar-refractivity contribution in [3.63, 3.8) is 0 Å². The predicted octanol–water partition coefficient (Wildman–Crippen LogP) is 4.19. The molecule has 0 aliphatic heterocycles. The molecule has 1 N–H and O–H groups in total. The number of aryl methyl sites for hydroxylation is 1. The Morgan fingerprint density at radius 3 is 2.36 bits per heavy atom. The van der Waals surface area contributed by atoms with Crippen LogP contribution in [0.15, 0.2) is 53.0 Å². The van der Waals surface area contributed by atoms with Crippen molar-refractivity contribution in [3.8, 4) is 0 Å². The molecule has 1 atom stereocenters. The van der Waals surface area contributed by atoms with Crippen LogP contribution in [0.5, 0.6) is 0 Å². The van der Waals surface area contributed by atoms with Gasteiger partial charge < -0.3 is 0 Å². The van der Waals surface area contributed by atoms with Gasteiger partial charge in [0.2, 0.25) is 10.0 Å². The molecule has 0 saturated carbocycles. The smallest absolute Gasteiger partial charge is 0.212 e. The molecule has 0 amide bonds. The van der Waals surface area contributed by atoms with E-state index in [0.717, 1.165) is 22.0 Å². The molecule has 0 saturated heterocycles. The highest BCUT2D eigenvalue weighted by molar-refractivity contribution is 9.10. The summed E-state index contributed by atoms with van der Waals surface area (Å²) in [6, 6.07) is 15.1. The van der Waals surface area contributed by atoms with Crippen LogP contribution < -0.4 is 4.72 Å². The van der Waals surface area contributed by atoms with Gasteiger partial charge in [0.05, 0.1) is 5.75 Å². The molecule has 0 spiro atoms. The zero-order valence-corrected chi connectivity index (χ0v) is 15.1. The quantitative estimate of drug-likeness (QED) is 0.814. The van der Waals surface area contributed by atoms with Crippen molar-refractivity contribution in [3.05, 3.63) is 69.7 Å². The Hall–Kier alpha value is -1.17. The van der Waals surface area contributed by atoms with Crippen molar-refractivity contribution in [2.75, 3.05) is 0 Å². The normalized spacial score (nSPS) is 13.0. The molecule has 0 fully saturated rings. The Morgan fingerprint density at radius 2 is 1.77 bits per heavy atom. The summed E-state index contributed by atoms with van der Waals surface area (Å²) in [6.45, 7) is 3.96. The first-order valence-electron chi connectivity index (χ1n) is 7.23. The molecule has 3 nitrogen and oxygen atoms in total. The lowest BCUT2D eigenvalue weighted by Gasteiger charge is -2.15. The second-order valence-corrected chi connectivity index (χ2v) is 7.99. The lowest BCUT2D eigenvalue weighted by atomic mass is 10.1. The fraction of sp³-hybridized carbons (Fsp3) is 0.294. The van der Waals surface area contributed by atoms with Crippen LogP contribution in [0.1, 0.15) is 36.6 Å². The van der Waals surface area contributed by atoms with E-state index in [1.807, 2.05) is 55.5 Å². The molecule has 0 radical (unpaired) electrons. The third-order valence-electron chi connectivity index (χ3n) is 3.49. The van der Waals surface area contributed by atoms with Crippen LogP contribution in [-0.2, 0) is 22.2 Å². The minimum Gasteiger partial charge on any atom is -0.212 e. The van der Waals surface area contributed by atoms with Gasteiger partial charge in [-0.25, -0.2) is 13.1 Å². The van der Waals surface area contributed by atoms with E-state index in [0.29, 0.717) is 0 Å². The summed E-state index contributed by atoms with van der Waals surface area (Å²) in [4.78, 5) is 0. The summed E-state index contributed by atoms with van der Waals surface area (Å²) in [5.41, 5.74) is 2.97. The summed E-state index contributed by atoms with van der Waals surface area (Å²) >= 11 is 3.36. The number of sulfonamides is 1. The molecule has 2 aromatic carbocycles. The van der Waals surface area contributed by atoms with Gasteiger partial charge in [-0.05, 0) is 42.2 Å². The minimum atomic E-state index is -3.39. The summed E-state index contributed by atoms with van der Waals surface area (Å²) < 4.78 is 28.2. The Balaban J connectivity index is 2.07. The molecule has 0 aromatic heterocycles. The molecule has 0 unspecified atom stereocenters. The second kappa shape index (κ2) is 7.40. The van der Waals surface area contributed by atoms with Crippen LogP contribution in [0.4, 0.5) is 0 Å². The number of nitrogens with one attached hydrogen (secondary N) is 1. The van der Waals surface area contributed by atoms with Crippen molar-refractivity contribution in [1.29, 1.82) is 0 Å². The highest BCUT2D eigenvalue weighted by atomic mass is 79.9. The van der Waals surface area contributed by atoms with E-state index in [9.17, 15) is 8.42 Å². The van der Waals surface area contributed by atoms with Crippen molar-refractivity contribution in [1.82, 2.24) is 4.72 Å². The summed E-state index contributed by atoms with van der Waals surface area (Å²) in [5.74, 6) is -0.0240. The van der Waals surface area contributed by atoms with Crippen molar-refractivity contribution < 1.29 is 8.42 Å². The Kier molecular flexibility index (Phi) is 5.78. The summed E-state index contributed by atoms with van der Waals surface area (Å²) in [7, 11) is -3.39. The first-order valence-corrected chi connectivity index (χ1v) is 9.67. The fourth-order valence-electron chi connectivity index (χ4n) is 2.27. The fourth-order valence-corrected chi connectivity index (χ4v) is 4.09. The highest BCUT2D eigenvalue weighted by Gasteiger charge is 2.16. The molecule has 22 heavy (non-hydrogen) atoms. The van der Waals surface area contributed by atoms with Gasteiger partial charge in [-0.15, -0.1) is 0 Å². The lowest BCUT2D eigenvalue weighted by molar-refractivity contribution is 0.566. The highest BCUT2D eigenvalue weighted by Crippen LogP contribution is 2.17. The molecular formula is C17H20BrNO2S. The maximum absolute atomic E-state index is 12.3. The average Bonchev–Trinajstić information content (AvgIpc) is 2.46.